The van der Waals surface area contributed by atoms with Gasteiger partial charge in [0.1, 0.15) is 0 Å². The zero-order chi connectivity index (χ0) is 13.8. The molecule has 0 aromatic rings. The van der Waals surface area contributed by atoms with Crippen LogP contribution in [0, 0.1) is 5.92 Å². The molecule has 0 bridgehead atoms. The maximum atomic E-state index is 12.3. The fourth-order valence-electron chi connectivity index (χ4n) is 2.08. The second kappa shape index (κ2) is 6.49. The molecule has 1 rings (SSSR count). The number of nitrogens with two attached hydrogens (primary N) is 1. The van der Waals surface area contributed by atoms with Crippen LogP contribution in [0.5, 0.6) is 0 Å². The first kappa shape index (κ1) is 15.4. The predicted molar refractivity (Wildman–Crippen MR) is 69.9 cm³/mol. The van der Waals surface area contributed by atoms with E-state index in [-0.39, 0.29) is 12.5 Å². The first-order valence-corrected chi connectivity index (χ1v) is 7.80. The summed E-state index contributed by atoms with van der Waals surface area (Å²) in [5, 5.41) is 0. The van der Waals surface area contributed by atoms with E-state index < -0.39 is 16.1 Å². The number of carbonyl (C=O) groups excluding carboxylic acids is 1. The molecule has 0 radical (unpaired) electrons. The number of hydrogen-bond donors (Lipinski definition) is 1. The van der Waals surface area contributed by atoms with Crippen LogP contribution in [0.15, 0.2) is 0 Å². The highest BCUT2D eigenvalue weighted by molar-refractivity contribution is 7.86. The molecule has 106 valence electrons. The largest absolute Gasteiger partial charge is 0.369 e. The summed E-state index contributed by atoms with van der Waals surface area (Å²) in [6.07, 6.45) is 3.15. The minimum Gasteiger partial charge on any atom is -0.369 e. The van der Waals surface area contributed by atoms with Crippen LogP contribution in [0.25, 0.3) is 0 Å². The zero-order valence-corrected chi connectivity index (χ0v) is 11.9. The third kappa shape index (κ3) is 3.66. The summed E-state index contributed by atoms with van der Waals surface area (Å²) < 4.78 is 27.3. The molecule has 1 heterocycles. The number of piperidine rings is 1. The van der Waals surface area contributed by atoms with E-state index >= 15 is 0 Å². The average Bonchev–Trinajstić information content (AvgIpc) is 2.35. The minimum atomic E-state index is -3.44. The van der Waals surface area contributed by atoms with Crippen molar-refractivity contribution in [1.82, 2.24) is 8.61 Å². The molecular weight excluding hydrogens is 254 g/mol. The van der Waals surface area contributed by atoms with Gasteiger partial charge < -0.3 is 5.73 Å². The van der Waals surface area contributed by atoms with Gasteiger partial charge in [-0.15, -0.1) is 0 Å². The third-order valence-corrected chi connectivity index (χ3v) is 5.29. The van der Waals surface area contributed by atoms with Gasteiger partial charge in [0.15, 0.2) is 0 Å². The van der Waals surface area contributed by atoms with Crippen LogP contribution in [0.2, 0.25) is 0 Å². The summed E-state index contributed by atoms with van der Waals surface area (Å²) in [6, 6.07) is 0. The van der Waals surface area contributed by atoms with E-state index in [0.29, 0.717) is 25.9 Å². The first-order valence-electron chi connectivity index (χ1n) is 6.40. The minimum absolute atomic E-state index is 0.216. The fraction of sp³-hybridized carbons (Fsp3) is 0.909. The maximum absolute atomic E-state index is 12.3. The third-order valence-electron chi connectivity index (χ3n) is 3.33. The number of primary amides is 1. The van der Waals surface area contributed by atoms with E-state index in [1.807, 2.05) is 6.92 Å². The Morgan fingerprint density at radius 2 is 2.17 bits per heavy atom. The van der Waals surface area contributed by atoms with Crippen molar-refractivity contribution < 1.29 is 13.2 Å². The number of carbonyl (C=O) groups is 1. The average molecular weight is 277 g/mol. The van der Waals surface area contributed by atoms with Crippen LogP contribution in [-0.4, -0.2) is 49.6 Å². The molecule has 1 saturated heterocycles. The summed E-state index contributed by atoms with van der Waals surface area (Å²) in [5.41, 5.74) is 5.25. The molecule has 1 amide bonds. The Kier molecular flexibility index (Phi) is 5.55. The van der Waals surface area contributed by atoms with Crippen LogP contribution >= 0.6 is 0 Å². The number of rotatable bonds is 6. The van der Waals surface area contributed by atoms with Crippen molar-refractivity contribution in [3.63, 3.8) is 0 Å². The van der Waals surface area contributed by atoms with Crippen molar-refractivity contribution in [2.75, 3.05) is 26.7 Å². The summed E-state index contributed by atoms with van der Waals surface area (Å²) in [6.45, 7) is 3.22. The van der Waals surface area contributed by atoms with Gasteiger partial charge in [0.05, 0.1) is 5.92 Å². The van der Waals surface area contributed by atoms with Gasteiger partial charge >= 0.3 is 0 Å². The Labute approximate surface area is 109 Å². The second-order valence-corrected chi connectivity index (χ2v) is 6.82. The summed E-state index contributed by atoms with van der Waals surface area (Å²) in [7, 11) is -1.86. The van der Waals surface area contributed by atoms with Crippen LogP contribution in [-0.2, 0) is 15.0 Å². The second-order valence-electron chi connectivity index (χ2n) is 4.78. The molecule has 0 aromatic carbocycles. The van der Waals surface area contributed by atoms with Crippen molar-refractivity contribution in [2.24, 2.45) is 11.7 Å². The molecule has 7 heteroatoms. The molecular formula is C11H23N3O3S. The van der Waals surface area contributed by atoms with Gasteiger partial charge in [-0.1, -0.05) is 13.3 Å². The van der Waals surface area contributed by atoms with E-state index in [1.165, 1.54) is 8.61 Å². The highest BCUT2D eigenvalue weighted by Crippen LogP contribution is 2.20. The molecule has 2 N–H and O–H groups in total. The molecule has 1 aliphatic rings. The summed E-state index contributed by atoms with van der Waals surface area (Å²) in [4.78, 5) is 11.2. The molecule has 0 aromatic heterocycles. The van der Waals surface area contributed by atoms with Crippen molar-refractivity contribution in [1.29, 1.82) is 0 Å². The van der Waals surface area contributed by atoms with Crippen LogP contribution in [0.3, 0.4) is 0 Å². The Morgan fingerprint density at radius 1 is 1.50 bits per heavy atom. The lowest BCUT2D eigenvalue weighted by atomic mass is 9.99. The van der Waals surface area contributed by atoms with Crippen LogP contribution < -0.4 is 5.73 Å². The zero-order valence-electron chi connectivity index (χ0n) is 11.1. The molecule has 1 aliphatic heterocycles. The lowest BCUT2D eigenvalue weighted by Crippen LogP contribution is -2.49. The Morgan fingerprint density at radius 3 is 2.72 bits per heavy atom. The highest BCUT2D eigenvalue weighted by Gasteiger charge is 2.33. The lowest BCUT2D eigenvalue weighted by Gasteiger charge is -2.33. The van der Waals surface area contributed by atoms with E-state index in [2.05, 4.69) is 0 Å². The quantitative estimate of drug-likeness (QED) is 0.750. The molecule has 1 unspecified atom stereocenters. The Hall–Kier alpha value is -0.660. The van der Waals surface area contributed by atoms with Gasteiger partial charge in [0.25, 0.3) is 10.2 Å². The molecule has 1 atom stereocenters. The topological polar surface area (TPSA) is 83.7 Å². The van der Waals surface area contributed by atoms with Gasteiger partial charge in [-0.25, -0.2) is 0 Å². The van der Waals surface area contributed by atoms with Gasteiger partial charge in [0.2, 0.25) is 5.91 Å². The maximum Gasteiger partial charge on any atom is 0.281 e. The van der Waals surface area contributed by atoms with Crippen LogP contribution in [0.4, 0.5) is 0 Å². The van der Waals surface area contributed by atoms with E-state index in [1.54, 1.807) is 7.05 Å². The van der Waals surface area contributed by atoms with Gasteiger partial charge in [-0.3, -0.25) is 4.79 Å². The van der Waals surface area contributed by atoms with E-state index in [4.69, 9.17) is 5.73 Å². The number of amides is 1. The predicted octanol–water partition coefficient (Wildman–Crippen LogP) is 0.160. The van der Waals surface area contributed by atoms with E-state index in [0.717, 1.165) is 12.8 Å². The van der Waals surface area contributed by atoms with Crippen molar-refractivity contribution in [3.05, 3.63) is 0 Å². The van der Waals surface area contributed by atoms with Crippen molar-refractivity contribution in [2.45, 2.75) is 32.6 Å². The van der Waals surface area contributed by atoms with Crippen LogP contribution in [0.1, 0.15) is 32.6 Å². The summed E-state index contributed by atoms with van der Waals surface area (Å²) >= 11 is 0. The molecule has 18 heavy (non-hydrogen) atoms. The monoisotopic (exact) mass is 277 g/mol. The van der Waals surface area contributed by atoms with Crippen molar-refractivity contribution in [3.8, 4) is 0 Å². The van der Waals surface area contributed by atoms with E-state index in [9.17, 15) is 13.2 Å². The molecule has 0 saturated carbocycles. The van der Waals surface area contributed by atoms with Crippen molar-refractivity contribution >= 4 is 16.1 Å². The Bertz CT molecular complexity index is 383. The normalized spacial score (nSPS) is 22.3. The molecule has 0 spiro atoms. The molecule has 1 fully saturated rings. The number of hydrogen-bond acceptors (Lipinski definition) is 3. The molecule has 6 nitrogen and oxygen atoms in total. The van der Waals surface area contributed by atoms with Gasteiger partial charge in [0, 0.05) is 26.7 Å². The lowest BCUT2D eigenvalue weighted by molar-refractivity contribution is -0.122. The molecule has 0 aliphatic carbocycles. The highest BCUT2D eigenvalue weighted by atomic mass is 32.2. The first-order chi connectivity index (χ1) is 8.39. The standard InChI is InChI=1S/C11H23N3O3S/c1-3-4-7-13(2)18(16,17)14-8-5-6-10(9-14)11(12)15/h10H,3-9H2,1-2H3,(H2,12,15). The number of unbranched alkanes of at least 4 members (excludes halogenated alkanes) is 1. The smallest absolute Gasteiger partial charge is 0.281 e. The van der Waals surface area contributed by atoms with Gasteiger partial charge in [-0.05, 0) is 19.3 Å². The SMILES string of the molecule is CCCCN(C)S(=O)(=O)N1CCCC(C(N)=O)C1. The van der Waals surface area contributed by atoms with Gasteiger partial charge in [-0.2, -0.15) is 17.0 Å². The Balaban J connectivity index is 2.69. The fourth-order valence-corrected chi connectivity index (χ4v) is 3.56. The number of nitrogens with zero attached hydrogens (tertiary/aromatic N) is 2. The summed E-state index contributed by atoms with van der Waals surface area (Å²) in [5.74, 6) is -0.765.